The molecular weight excluding hydrogens is 112 g/mol. The Hall–Kier alpha value is -0.720. The third kappa shape index (κ3) is 5.15. The zero-order valence-corrected chi connectivity index (χ0v) is 6.18. The van der Waals surface area contributed by atoms with Crippen molar-refractivity contribution in [2.24, 2.45) is 0 Å². The molecule has 52 valence electrons. The average Bonchev–Trinajstić information content (AvgIpc) is 1.85. The smallest absolute Gasteiger partial charge is 0.111 e. The normalized spacial score (nSPS) is 10.0. The molecule has 0 rings (SSSR count). The van der Waals surface area contributed by atoms with Crippen LogP contribution in [-0.2, 0) is 4.74 Å². The topological polar surface area (TPSA) is 9.23 Å². The minimum absolute atomic E-state index is 0.749. The van der Waals surface area contributed by atoms with Crippen molar-refractivity contribution in [2.75, 3.05) is 6.61 Å². The van der Waals surface area contributed by atoms with Crippen LogP contribution in [0.4, 0.5) is 0 Å². The highest BCUT2D eigenvalue weighted by Crippen LogP contribution is 1.95. The lowest BCUT2D eigenvalue weighted by Gasteiger charge is -2.00. The van der Waals surface area contributed by atoms with Crippen LogP contribution in [0.15, 0.2) is 24.5 Å². The molecule has 0 unspecified atom stereocenters. The first-order chi connectivity index (χ1) is 4.31. The Morgan fingerprint density at radius 3 is 2.78 bits per heavy atom. The van der Waals surface area contributed by atoms with Gasteiger partial charge in [-0.2, -0.15) is 0 Å². The summed E-state index contributed by atoms with van der Waals surface area (Å²) >= 11 is 0. The first kappa shape index (κ1) is 8.28. The van der Waals surface area contributed by atoms with E-state index in [1.807, 2.05) is 19.1 Å². The molecule has 1 heteroatoms. The van der Waals surface area contributed by atoms with Crippen molar-refractivity contribution in [1.82, 2.24) is 0 Å². The number of hydrogen-bond acceptors (Lipinski definition) is 1. The third-order valence-electron chi connectivity index (χ3n) is 0.844. The SMILES string of the molecule is C=C(/C=C\C)OCCC. The maximum atomic E-state index is 5.15. The molecule has 0 fully saturated rings. The van der Waals surface area contributed by atoms with Crippen LogP contribution in [0, 0.1) is 0 Å². The lowest BCUT2D eigenvalue weighted by molar-refractivity contribution is 0.226. The minimum atomic E-state index is 0.749. The highest BCUT2D eigenvalue weighted by atomic mass is 16.5. The molecule has 0 bridgehead atoms. The van der Waals surface area contributed by atoms with Gasteiger partial charge in [0.2, 0.25) is 0 Å². The van der Waals surface area contributed by atoms with E-state index in [0.29, 0.717) is 0 Å². The molecule has 0 aromatic rings. The van der Waals surface area contributed by atoms with Gasteiger partial charge in [-0.25, -0.2) is 0 Å². The van der Waals surface area contributed by atoms with Crippen molar-refractivity contribution in [3.05, 3.63) is 24.5 Å². The van der Waals surface area contributed by atoms with Crippen LogP contribution in [0.1, 0.15) is 20.3 Å². The van der Waals surface area contributed by atoms with Gasteiger partial charge in [0.1, 0.15) is 5.76 Å². The van der Waals surface area contributed by atoms with Crippen molar-refractivity contribution < 1.29 is 4.74 Å². The molecule has 9 heavy (non-hydrogen) atoms. The molecule has 0 aliphatic rings. The Morgan fingerprint density at radius 2 is 2.33 bits per heavy atom. The van der Waals surface area contributed by atoms with Crippen molar-refractivity contribution in [3.8, 4) is 0 Å². The van der Waals surface area contributed by atoms with E-state index < -0.39 is 0 Å². The zero-order valence-electron chi connectivity index (χ0n) is 6.18. The van der Waals surface area contributed by atoms with E-state index in [0.717, 1.165) is 18.8 Å². The summed E-state index contributed by atoms with van der Waals surface area (Å²) in [4.78, 5) is 0. The van der Waals surface area contributed by atoms with Gasteiger partial charge in [-0.3, -0.25) is 0 Å². The Labute approximate surface area is 57.0 Å². The summed E-state index contributed by atoms with van der Waals surface area (Å²) in [6, 6.07) is 0. The van der Waals surface area contributed by atoms with E-state index in [-0.39, 0.29) is 0 Å². The minimum Gasteiger partial charge on any atom is -0.494 e. The summed E-state index contributed by atoms with van der Waals surface area (Å²) < 4.78 is 5.15. The number of ether oxygens (including phenoxy) is 1. The van der Waals surface area contributed by atoms with E-state index in [9.17, 15) is 0 Å². The fraction of sp³-hybridized carbons (Fsp3) is 0.500. The van der Waals surface area contributed by atoms with Gasteiger partial charge in [0.25, 0.3) is 0 Å². The van der Waals surface area contributed by atoms with Gasteiger partial charge in [-0.15, -0.1) is 0 Å². The summed E-state index contributed by atoms with van der Waals surface area (Å²) in [6.45, 7) is 8.46. The average molecular weight is 126 g/mol. The first-order valence-electron chi connectivity index (χ1n) is 3.25. The third-order valence-corrected chi connectivity index (χ3v) is 0.844. The van der Waals surface area contributed by atoms with Gasteiger partial charge in [0.05, 0.1) is 6.61 Å². The van der Waals surface area contributed by atoms with Crippen LogP contribution >= 0.6 is 0 Å². The van der Waals surface area contributed by atoms with Crippen LogP contribution in [0.3, 0.4) is 0 Å². The Morgan fingerprint density at radius 1 is 1.67 bits per heavy atom. The fourth-order valence-corrected chi connectivity index (χ4v) is 0.467. The number of rotatable bonds is 4. The molecule has 0 aliphatic heterocycles. The summed E-state index contributed by atoms with van der Waals surface area (Å²) in [5.74, 6) is 0.749. The lowest BCUT2D eigenvalue weighted by Crippen LogP contribution is -1.88. The van der Waals surface area contributed by atoms with E-state index >= 15 is 0 Å². The quantitative estimate of drug-likeness (QED) is 0.415. The largest absolute Gasteiger partial charge is 0.494 e. The maximum absolute atomic E-state index is 5.15. The van der Waals surface area contributed by atoms with Crippen molar-refractivity contribution in [1.29, 1.82) is 0 Å². The van der Waals surface area contributed by atoms with Crippen molar-refractivity contribution in [3.63, 3.8) is 0 Å². The molecule has 1 nitrogen and oxygen atoms in total. The standard InChI is InChI=1S/C8H14O/c1-4-6-8(3)9-7-5-2/h4,6H,3,5,7H2,1-2H3/b6-4-. The van der Waals surface area contributed by atoms with E-state index in [1.54, 1.807) is 0 Å². The second kappa shape index (κ2) is 5.42. The second-order valence-corrected chi connectivity index (χ2v) is 1.81. The molecule has 0 atom stereocenters. The molecule has 0 heterocycles. The molecule has 0 N–H and O–H groups in total. The molecule has 0 aromatic carbocycles. The highest BCUT2D eigenvalue weighted by Gasteiger charge is 1.83. The molecule has 0 radical (unpaired) electrons. The van der Waals surface area contributed by atoms with Gasteiger partial charge in [0, 0.05) is 0 Å². The zero-order chi connectivity index (χ0) is 7.11. The molecule has 0 aromatic heterocycles. The predicted molar refractivity (Wildman–Crippen MR) is 40.2 cm³/mol. The Kier molecular flexibility index (Phi) is 4.98. The number of allylic oxidation sites excluding steroid dienone is 2. The molecule has 0 saturated heterocycles. The Balaban J connectivity index is 3.27. The van der Waals surface area contributed by atoms with E-state index in [1.165, 1.54) is 0 Å². The van der Waals surface area contributed by atoms with Gasteiger partial charge in [0.15, 0.2) is 0 Å². The molecule has 0 amide bonds. The predicted octanol–water partition coefficient (Wildman–Crippen LogP) is 2.50. The monoisotopic (exact) mass is 126 g/mol. The van der Waals surface area contributed by atoms with Crippen LogP contribution in [-0.4, -0.2) is 6.61 Å². The number of hydrogen-bond donors (Lipinski definition) is 0. The van der Waals surface area contributed by atoms with Crippen molar-refractivity contribution >= 4 is 0 Å². The summed E-state index contributed by atoms with van der Waals surface area (Å²) in [6.07, 6.45) is 4.81. The molecule has 0 saturated carbocycles. The van der Waals surface area contributed by atoms with E-state index in [2.05, 4.69) is 13.5 Å². The van der Waals surface area contributed by atoms with Gasteiger partial charge in [-0.1, -0.05) is 19.6 Å². The lowest BCUT2D eigenvalue weighted by atomic mass is 10.4. The Bertz CT molecular complexity index is 103. The second-order valence-electron chi connectivity index (χ2n) is 1.81. The van der Waals surface area contributed by atoms with Crippen LogP contribution in [0.5, 0.6) is 0 Å². The van der Waals surface area contributed by atoms with Crippen LogP contribution in [0.25, 0.3) is 0 Å². The summed E-state index contributed by atoms with van der Waals surface area (Å²) in [5, 5.41) is 0. The van der Waals surface area contributed by atoms with Crippen LogP contribution in [0.2, 0.25) is 0 Å². The molecule has 0 aliphatic carbocycles. The van der Waals surface area contributed by atoms with Crippen LogP contribution < -0.4 is 0 Å². The van der Waals surface area contributed by atoms with Gasteiger partial charge < -0.3 is 4.74 Å². The van der Waals surface area contributed by atoms with Crippen molar-refractivity contribution in [2.45, 2.75) is 20.3 Å². The molecule has 0 spiro atoms. The summed E-state index contributed by atoms with van der Waals surface area (Å²) in [7, 11) is 0. The van der Waals surface area contributed by atoms with Gasteiger partial charge >= 0.3 is 0 Å². The first-order valence-corrected chi connectivity index (χ1v) is 3.25. The van der Waals surface area contributed by atoms with E-state index in [4.69, 9.17) is 4.74 Å². The fourth-order valence-electron chi connectivity index (χ4n) is 0.467. The molecular formula is C8H14O. The highest BCUT2D eigenvalue weighted by molar-refractivity contribution is 5.05. The summed E-state index contributed by atoms with van der Waals surface area (Å²) in [5.41, 5.74) is 0. The van der Waals surface area contributed by atoms with Gasteiger partial charge in [-0.05, 0) is 19.4 Å². The maximum Gasteiger partial charge on any atom is 0.111 e.